The Morgan fingerprint density at radius 1 is 1.00 bits per heavy atom. The molecule has 1 fully saturated rings. The smallest absolute Gasteiger partial charge is 0.241 e. The number of carbonyl (C=O) groups excluding carboxylic acids is 1. The minimum atomic E-state index is -3.98. The second-order valence-electron chi connectivity index (χ2n) is 7.64. The Balaban J connectivity index is 1.85. The van der Waals surface area contributed by atoms with Crippen LogP contribution in [0.5, 0.6) is 11.5 Å². The molecule has 0 spiro atoms. The van der Waals surface area contributed by atoms with Crippen LogP contribution < -0.4 is 14.2 Å². The number of likely N-dealkylation sites (N-methyl/N-ethyl adjacent to an activating group) is 1. The fourth-order valence-corrected chi connectivity index (χ4v) is 4.98. The number of carbonyl (C=O) groups is 1. The number of hydrogen-bond donors (Lipinski definition) is 1. The summed E-state index contributed by atoms with van der Waals surface area (Å²) in [5.74, 6) is 0.516. The Bertz CT molecular complexity index is 1010. The standard InChI is InChI=1S/C23H31N3O5S/c1-4-25-12-14-26(15-13-25)23(27)20(16-18-8-6-5-7-9-18)24-32(28,29)19-10-11-21(30-2)22(17-19)31-3/h5-11,17,20,24H,4,12-16H2,1-3H3/t20-/m0/s1. The van der Waals surface area contributed by atoms with Crippen molar-refractivity contribution in [2.75, 3.05) is 46.9 Å². The Morgan fingerprint density at radius 2 is 1.66 bits per heavy atom. The van der Waals surface area contributed by atoms with Crippen molar-refractivity contribution in [3.63, 3.8) is 0 Å². The third kappa shape index (κ3) is 5.79. The third-order valence-corrected chi connectivity index (χ3v) is 7.14. The van der Waals surface area contributed by atoms with Crippen molar-refractivity contribution in [3.05, 3.63) is 54.1 Å². The summed E-state index contributed by atoms with van der Waals surface area (Å²) in [6.45, 7) is 5.74. The third-order valence-electron chi connectivity index (χ3n) is 5.67. The molecule has 0 saturated carbocycles. The normalized spacial score (nSPS) is 15.9. The molecule has 1 amide bonds. The van der Waals surface area contributed by atoms with E-state index in [1.165, 1.54) is 32.4 Å². The van der Waals surface area contributed by atoms with Crippen molar-refractivity contribution < 1.29 is 22.7 Å². The van der Waals surface area contributed by atoms with E-state index in [-0.39, 0.29) is 17.2 Å². The van der Waals surface area contributed by atoms with Crippen molar-refractivity contribution in [1.29, 1.82) is 0 Å². The van der Waals surface area contributed by atoms with Crippen LogP contribution in [0.1, 0.15) is 12.5 Å². The van der Waals surface area contributed by atoms with Gasteiger partial charge in [0.25, 0.3) is 0 Å². The van der Waals surface area contributed by atoms with Crippen molar-refractivity contribution in [1.82, 2.24) is 14.5 Å². The van der Waals surface area contributed by atoms with Crippen LogP contribution >= 0.6 is 0 Å². The number of sulfonamides is 1. The van der Waals surface area contributed by atoms with Gasteiger partial charge in [-0.15, -0.1) is 0 Å². The van der Waals surface area contributed by atoms with E-state index in [2.05, 4.69) is 16.5 Å². The zero-order chi connectivity index (χ0) is 23.1. The lowest BCUT2D eigenvalue weighted by atomic mass is 10.1. The first-order valence-electron chi connectivity index (χ1n) is 10.7. The van der Waals surface area contributed by atoms with Crippen molar-refractivity contribution in [2.45, 2.75) is 24.3 Å². The van der Waals surface area contributed by atoms with Crippen LogP contribution in [-0.4, -0.2) is 77.1 Å². The first kappa shape index (κ1) is 24.0. The summed E-state index contributed by atoms with van der Waals surface area (Å²) in [6.07, 6.45) is 0.264. The Kier molecular flexibility index (Phi) is 8.11. The first-order chi connectivity index (χ1) is 15.4. The van der Waals surface area contributed by atoms with Gasteiger partial charge in [0.1, 0.15) is 6.04 Å². The number of methoxy groups -OCH3 is 2. The maximum Gasteiger partial charge on any atom is 0.241 e. The van der Waals surface area contributed by atoms with Crippen LogP contribution in [0.4, 0.5) is 0 Å². The molecule has 2 aromatic rings. The zero-order valence-corrected chi connectivity index (χ0v) is 19.6. The highest BCUT2D eigenvalue weighted by molar-refractivity contribution is 7.89. The number of nitrogens with zero attached hydrogens (tertiary/aromatic N) is 2. The molecule has 3 rings (SSSR count). The van der Waals surface area contributed by atoms with E-state index in [0.29, 0.717) is 24.6 Å². The van der Waals surface area contributed by atoms with Gasteiger partial charge in [0.05, 0.1) is 19.1 Å². The number of benzene rings is 2. The lowest BCUT2D eigenvalue weighted by molar-refractivity contribution is -0.134. The molecule has 0 radical (unpaired) electrons. The van der Waals surface area contributed by atoms with Gasteiger partial charge in [-0.05, 0) is 30.7 Å². The molecule has 1 atom stereocenters. The van der Waals surface area contributed by atoms with E-state index in [1.807, 2.05) is 30.3 Å². The number of ether oxygens (including phenoxy) is 2. The molecule has 1 aliphatic heterocycles. The SMILES string of the molecule is CCN1CCN(C(=O)[C@H](Cc2ccccc2)NS(=O)(=O)c2ccc(OC)c(OC)c2)CC1. The van der Waals surface area contributed by atoms with Crippen LogP contribution in [0.2, 0.25) is 0 Å². The molecule has 0 unspecified atom stereocenters. The highest BCUT2D eigenvalue weighted by Gasteiger charge is 2.31. The van der Waals surface area contributed by atoms with Crippen LogP contribution in [-0.2, 0) is 21.2 Å². The Labute approximate surface area is 190 Å². The summed E-state index contributed by atoms with van der Waals surface area (Å²) in [6, 6.07) is 12.9. The largest absolute Gasteiger partial charge is 0.493 e. The van der Waals surface area contributed by atoms with Gasteiger partial charge in [-0.3, -0.25) is 4.79 Å². The van der Waals surface area contributed by atoms with Gasteiger partial charge in [0.15, 0.2) is 11.5 Å². The fraction of sp³-hybridized carbons (Fsp3) is 0.435. The quantitative estimate of drug-likeness (QED) is 0.612. The Hall–Kier alpha value is -2.62. The summed E-state index contributed by atoms with van der Waals surface area (Å²) < 4.78 is 39.5. The average molecular weight is 462 g/mol. The number of rotatable bonds is 9. The van der Waals surface area contributed by atoms with Crippen molar-refractivity contribution in [3.8, 4) is 11.5 Å². The minimum Gasteiger partial charge on any atom is -0.493 e. The maximum atomic E-state index is 13.4. The van der Waals surface area contributed by atoms with Gasteiger partial charge >= 0.3 is 0 Å². The monoisotopic (exact) mass is 461 g/mol. The number of hydrogen-bond acceptors (Lipinski definition) is 6. The van der Waals surface area contributed by atoms with Crippen LogP contribution in [0.15, 0.2) is 53.4 Å². The van der Waals surface area contributed by atoms with Crippen LogP contribution in [0.25, 0.3) is 0 Å². The van der Waals surface area contributed by atoms with Gasteiger partial charge in [-0.1, -0.05) is 37.3 Å². The molecule has 9 heteroatoms. The first-order valence-corrected chi connectivity index (χ1v) is 12.2. The van der Waals surface area contributed by atoms with Gasteiger partial charge in [-0.25, -0.2) is 8.42 Å². The van der Waals surface area contributed by atoms with Crippen LogP contribution in [0.3, 0.4) is 0 Å². The highest BCUT2D eigenvalue weighted by atomic mass is 32.2. The summed E-state index contributed by atoms with van der Waals surface area (Å²) in [5.41, 5.74) is 0.882. The van der Waals surface area contributed by atoms with Gasteiger partial charge in [-0.2, -0.15) is 4.72 Å². The molecule has 2 aromatic carbocycles. The molecule has 0 bridgehead atoms. The van der Waals surface area contributed by atoms with Crippen molar-refractivity contribution in [2.24, 2.45) is 0 Å². The number of nitrogens with one attached hydrogen (secondary N) is 1. The topological polar surface area (TPSA) is 88.2 Å². The maximum absolute atomic E-state index is 13.4. The lowest BCUT2D eigenvalue weighted by Crippen LogP contribution is -2.55. The molecule has 0 aromatic heterocycles. The fourth-order valence-electron chi connectivity index (χ4n) is 3.77. The molecular formula is C23H31N3O5S. The van der Waals surface area contributed by atoms with Crippen LogP contribution in [0, 0.1) is 0 Å². The molecule has 1 N–H and O–H groups in total. The van der Waals surface area contributed by atoms with E-state index >= 15 is 0 Å². The van der Waals surface area contributed by atoms with Gasteiger partial charge in [0.2, 0.25) is 15.9 Å². The molecule has 1 heterocycles. The zero-order valence-electron chi connectivity index (χ0n) is 18.8. The summed E-state index contributed by atoms with van der Waals surface area (Å²) in [5, 5.41) is 0. The second kappa shape index (κ2) is 10.8. The number of amides is 1. The van der Waals surface area contributed by atoms with E-state index in [1.54, 1.807) is 4.90 Å². The van der Waals surface area contributed by atoms with E-state index in [9.17, 15) is 13.2 Å². The van der Waals surface area contributed by atoms with E-state index in [0.717, 1.165) is 25.2 Å². The molecule has 1 aliphatic rings. The summed E-state index contributed by atoms with van der Waals surface area (Å²) >= 11 is 0. The lowest BCUT2D eigenvalue weighted by Gasteiger charge is -2.36. The average Bonchev–Trinajstić information content (AvgIpc) is 2.83. The molecular weight excluding hydrogens is 430 g/mol. The van der Waals surface area contributed by atoms with Crippen molar-refractivity contribution >= 4 is 15.9 Å². The van der Waals surface area contributed by atoms with E-state index in [4.69, 9.17) is 9.47 Å². The molecule has 32 heavy (non-hydrogen) atoms. The van der Waals surface area contributed by atoms with Gasteiger partial charge in [0, 0.05) is 32.2 Å². The van der Waals surface area contributed by atoms with Gasteiger partial charge < -0.3 is 19.3 Å². The molecule has 174 valence electrons. The highest BCUT2D eigenvalue weighted by Crippen LogP contribution is 2.29. The predicted molar refractivity (Wildman–Crippen MR) is 122 cm³/mol. The second-order valence-corrected chi connectivity index (χ2v) is 9.35. The number of piperazine rings is 1. The minimum absolute atomic E-state index is 0.0109. The summed E-state index contributed by atoms with van der Waals surface area (Å²) in [7, 11) is -1.05. The Morgan fingerprint density at radius 3 is 2.25 bits per heavy atom. The van der Waals surface area contributed by atoms with E-state index < -0.39 is 16.1 Å². The molecule has 0 aliphatic carbocycles. The summed E-state index contributed by atoms with van der Waals surface area (Å²) in [4.78, 5) is 17.4. The predicted octanol–water partition coefficient (Wildman–Crippen LogP) is 1.76. The molecule has 8 nitrogen and oxygen atoms in total. The molecule has 1 saturated heterocycles.